The van der Waals surface area contributed by atoms with Crippen molar-refractivity contribution >= 4 is 52.2 Å². The van der Waals surface area contributed by atoms with E-state index >= 15 is 0 Å². The van der Waals surface area contributed by atoms with E-state index in [1.807, 2.05) is 6.26 Å². The van der Waals surface area contributed by atoms with Crippen molar-refractivity contribution in [3.63, 3.8) is 0 Å². The smallest absolute Gasteiger partial charge is 0.237 e. The van der Waals surface area contributed by atoms with Crippen LogP contribution >= 0.6 is 34.9 Å². The number of ketones is 1. The van der Waals surface area contributed by atoms with Crippen molar-refractivity contribution in [2.75, 3.05) is 11.6 Å². The van der Waals surface area contributed by atoms with Crippen LogP contribution in [-0.4, -0.2) is 33.4 Å². The lowest BCUT2D eigenvalue weighted by molar-refractivity contribution is -0.115. The van der Waals surface area contributed by atoms with Crippen molar-refractivity contribution in [2.24, 2.45) is 0 Å². The molecule has 1 atom stereocenters. The standard InChI is InChI=1S/C14H15N3O2S3/c1-8(18)10-6-4-5-7-11(10)15-12(19)9(2)21-14-17-16-13(20-3)22-14/h4-7,9H,1-3H3,(H,15,19). The van der Waals surface area contributed by atoms with E-state index in [0.717, 1.165) is 8.68 Å². The Kier molecular flexibility index (Phi) is 5.98. The molecule has 0 aliphatic heterocycles. The van der Waals surface area contributed by atoms with Crippen LogP contribution in [0.1, 0.15) is 24.2 Å². The highest BCUT2D eigenvalue weighted by atomic mass is 32.2. The molecule has 2 aromatic rings. The Morgan fingerprint density at radius 2 is 1.91 bits per heavy atom. The van der Waals surface area contributed by atoms with Crippen LogP contribution in [0.4, 0.5) is 5.69 Å². The van der Waals surface area contributed by atoms with Gasteiger partial charge in [-0.3, -0.25) is 9.59 Å². The van der Waals surface area contributed by atoms with E-state index < -0.39 is 0 Å². The summed E-state index contributed by atoms with van der Waals surface area (Å²) in [5.74, 6) is -0.246. The summed E-state index contributed by atoms with van der Waals surface area (Å²) in [7, 11) is 0. The number of carbonyl (C=O) groups is 2. The van der Waals surface area contributed by atoms with Crippen LogP contribution in [0.15, 0.2) is 32.9 Å². The van der Waals surface area contributed by atoms with Crippen LogP contribution < -0.4 is 5.32 Å². The Morgan fingerprint density at radius 1 is 1.23 bits per heavy atom. The normalized spacial score (nSPS) is 12.0. The number of amides is 1. The SMILES string of the molecule is CSc1nnc(SC(C)C(=O)Nc2ccccc2C(C)=O)s1. The van der Waals surface area contributed by atoms with Gasteiger partial charge >= 0.3 is 0 Å². The number of para-hydroxylation sites is 1. The summed E-state index contributed by atoms with van der Waals surface area (Å²) in [5.41, 5.74) is 1.04. The van der Waals surface area contributed by atoms with Gasteiger partial charge in [0.2, 0.25) is 5.91 Å². The van der Waals surface area contributed by atoms with E-state index in [-0.39, 0.29) is 16.9 Å². The predicted octanol–water partition coefficient (Wildman–Crippen LogP) is 3.58. The fourth-order valence-corrected chi connectivity index (χ4v) is 4.25. The zero-order chi connectivity index (χ0) is 16.1. The highest BCUT2D eigenvalue weighted by Gasteiger charge is 2.18. The van der Waals surface area contributed by atoms with Gasteiger partial charge in [-0.1, -0.05) is 47.0 Å². The molecule has 0 radical (unpaired) electrons. The van der Waals surface area contributed by atoms with Crippen molar-refractivity contribution in [1.82, 2.24) is 10.2 Å². The summed E-state index contributed by atoms with van der Waals surface area (Å²) >= 11 is 4.34. The largest absolute Gasteiger partial charge is 0.324 e. The maximum absolute atomic E-state index is 12.3. The zero-order valence-corrected chi connectivity index (χ0v) is 14.8. The highest BCUT2D eigenvalue weighted by molar-refractivity contribution is 8.03. The summed E-state index contributed by atoms with van der Waals surface area (Å²) in [5, 5.41) is 10.5. The Morgan fingerprint density at radius 3 is 2.55 bits per heavy atom. The van der Waals surface area contributed by atoms with Crippen molar-refractivity contribution in [1.29, 1.82) is 0 Å². The molecule has 0 spiro atoms. The number of hydrogen-bond acceptors (Lipinski definition) is 7. The fourth-order valence-electron chi connectivity index (χ4n) is 1.67. The van der Waals surface area contributed by atoms with Crippen LogP contribution in [0.25, 0.3) is 0 Å². The quantitative estimate of drug-likeness (QED) is 0.632. The Labute approximate surface area is 141 Å². The molecule has 0 saturated carbocycles. The first-order valence-corrected chi connectivity index (χ1v) is 9.38. The van der Waals surface area contributed by atoms with Crippen molar-refractivity contribution in [3.8, 4) is 0 Å². The van der Waals surface area contributed by atoms with Crippen LogP contribution in [-0.2, 0) is 4.79 Å². The van der Waals surface area contributed by atoms with Crippen molar-refractivity contribution in [3.05, 3.63) is 29.8 Å². The Balaban J connectivity index is 2.04. The van der Waals surface area contributed by atoms with E-state index in [1.165, 1.54) is 41.8 Å². The van der Waals surface area contributed by atoms with Gasteiger partial charge in [0.25, 0.3) is 0 Å². The highest BCUT2D eigenvalue weighted by Crippen LogP contribution is 2.30. The molecular weight excluding hydrogens is 338 g/mol. The van der Waals surface area contributed by atoms with E-state index in [4.69, 9.17) is 0 Å². The van der Waals surface area contributed by atoms with Gasteiger partial charge in [-0.25, -0.2) is 0 Å². The van der Waals surface area contributed by atoms with E-state index in [9.17, 15) is 9.59 Å². The van der Waals surface area contributed by atoms with Gasteiger partial charge < -0.3 is 5.32 Å². The number of aromatic nitrogens is 2. The molecule has 0 bridgehead atoms. The molecular formula is C14H15N3O2S3. The molecule has 1 heterocycles. The first-order chi connectivity index (χ1) is 10.5. The molecule has 0 aliphatic carbocycles. The fraction of sp³-hybridized carbons (Fsp3) is 0.286. The lowest BCUT2D eigenvalue weighted by Crippen LogP contribution is -2.23. The summed E-state index contributed by atoms with van der Waals surface area (Å²) in [6.07, 6.45) is 1.93. The van der Waals surface area contributed by atoms with Crippen LogP contribution in [0.5, 0.6) is 0 Å². The van der Waals surface area contributed by atoms with Gasteiger partial charge in [0, 0.05) is 5.56 Å². The third kappa shape index (κ3) is 4.31. The monoisotopic (exact) mass is 353 g/mol. The minimum absolute atomic E-state index is 0.0788. The summed E-state index contributed by atoms with van der Waals surface area (Å²) < 4.78 is 1.63. The van der Waals surface area contributed by atoms with Crippen molar-refractivity contribution in [2.45, 2.75) is 27.8 Å². The lowest BCUT2D eigenvalue weighted by atomic mass is 10.1. The van der Waals surface area contributed by atoms with E-state index in [1.54, 1.807) is 31.2 Å². The summed E-state index contributed by atoms with van der Waals surface area (Å²) in [6.45, 7) is 3.28. The van der Waals surface area contributed by atoms with Gasteiger partial charge in [0.15, 0.2) is 14.5 Å². The molecule has 116 valence electrons. The van der Waals surface area contributed by atoms with Crippen LogP contribution in [0, 0.1) is 0 Å². The maximum atomic E-state index is 12.3. The molecule has 2 rings (SSSR count). The molecule has 1 N–H and O–H groups in total. The number of nitrogens with zero attached hydrogens (tertiary/aromatic N) is 2. The first kappa shape index (κ1) is 17.0. The number of Topliss-reactive ketones (excluding diaryl/α,β-unsaturated/α-hetero) is 1. The molecule has 0 aliphatic rings. The third-order valence-electron chi connectivity index (χ3n) is 2.77. The second-order valence-electron chi connectivity index (χ2n) is 4.39. The van der Waals surface area contributed by atoms with Crippen LogP contribution in [0.3, 0.4) is 0 Å². The lowest BCUT2D eigenvalue weighted by Gasteiger charge is -2.12. The minimum atomic E-state index is -0.331. The molecule has 1 unspecified atom stereocenters. The Hall–Kier alpha value is -1.38. The zero-order valence-electron chi connectivity index (χ0n) is 12.3. The third-order valence-corrected chi connectivity index (χ3v) is 5.86. The van der Waals surface area contributed by atoms with Crippen LogP contribution in [0.2, 0.25) is 0 Å². The number of rotatable bonds is 6. The molecule has 1 aromatic carbocycles. The van der Waals surface area contributed by atoms with Gasteiger partial charge in [0.1, 0.15) is 0 Å². The average molecular weight is 353 g/mol. The second kappa shape index (κ2) is 7.75. The molecule has 1 amide bonds. The van der Waals surface area contributed by atoms with Crippen molar-refractivity contribution < 1.29 is 9.59 Å². The van der Waals surface area contributed by atoms with E-state index in [0.29, 0.717) is 11.3 Å². The molecule has 5 nitrogen and oxygen atoms in total. The number of thioether (sulfide) groups is 2. The number of carbonyl (C=O) groups excluding carboxylic acids is 2. The second-order valence-corrected chi connectivity index (χ2v) is 8.01. The minimum Gasteiger partial charge on any atom is -0.324 e. The number of nitrogens with one attached hydrogen (secondary N) is 1. The average Bonchev–Trinajstić information content (AvgIpc) is 2.95. The molecule has 0 fully saturated rings. The van der Waals surface area contributed by atoms with Gasteiger partial charge in [-0.2, -0.15) is 0 Å². The van der Waals surface area contributed by atoms with Gasteiger partial charge in [-0.05, 0) is 32.2 Å². The molecule has 0 saturated heterocycles. The molecule has 1 aromatic heterocycles. The molecule has 8 heteroatoms. The Bertz CT molecular complexity index is 687. The summed E-state index contributed by atoms with van der Waals surface area (Å²) in [6, 6.07) is 6.99. The molecule has 22 heavy (non-hydrogen) atoms. The first-order valence-electron chi connectivity index (χ1n) is 6.46. The topological polar surface area (TPSA) is 72.0 Å². The number of hydrogen-bond donors (Lipinski definition) is 1. The predicted molar refractivity (Wildman–Crippen MR) is 92.1 cm³/mol. The van der Waals surface area contributed by atoms with Gasteiger partial charge in [0.05, 0.1) is 10.9 Å². The number of benzene rings is 1. The maximum Gasteiger partial charge on any atom is 0.237 e. The van der Waals surface area contributed by atoms with Gasteiger partial charge in [-0.15, -0.1) is 10.2 Å². The van der Waals surface area contributed by atoms with E-state index in [2.05, 4.69) is 15.5 Å². The number of anilines is 1. The summed E-state index contributed by atoms with van der Waals surface area (Å²) in [4.78, 5) is 23.8.